The van der Waals surface area contributed by atoms with Crippen LogP contribution in [0.1, 0.15) is 12.8 Å². The van der Waals surface area contributed by atoms with Gasteiger partial charge in [0.05, 0.1) is 17.8 Å². The summed E-state index contributed by atoms with van der Waals surface area (Å²) in [5.41, 5.74) is 2.93. The van der Waals surface area contributed by atoms with E-state index in [1.807, 2.05) is 18.5 Å². The Morgan fingerprint density at radius 3 is 3.15 bits per heavy atom. The number of aromatic nitrogens is 3. The molecule has 1 aliphatic heterocycles. The van der Waals surface area contributed by atoms with Crippen molar-refractivity contribution in [3.63, 3.8) is 0 Å². The summed E-state index contributed by atoms with van der Waals surface area (Å²) in [4.78, 5) is 14.1. The number of pyridine rings is 2. The van der Waals surface area contributed by atoms with Gasteiger partial charge < -0.3 is 15.0 Å². The molecule has 1 fully saturated rings. The summed E-state index contributed by atoms with van der Waals surface area (Å²) in [5.74, 6) is 0. The van der Waals surface area contributed by atoms with E-state index in [9.17, 15) is 5.11 Å². The molecule has 4 rings (SSSR count). The number of aromatic amines is 1. The Bertz CT molecular complexity index is 767. The molecule has 0 radical (unpaired) electrons. The Kier molecular flexibility index (Phi) is 2.60. The van der Waals surface area contributed by atoms with Crippen LogP contribution in [0.5, 0.6) is 0 Å². The second-order valence-electron chi connectivity index (χ2n) is 5.33. The number of aliphatic hydroxyl groups excluding tert-OH is 1. The smallest absolute Gasteiger partial charge is 0.159 e. The fraction of sp³-hybridized carbons (Fsp3) is 0.333. The number of H-pyrrole nitrogens is 1. The predicted octanol–water partition coefficient (Wildman–Crippen LogP) is 2.07. The molecule has 0 aromatic carbocycles. The van der Waals surface area contributed by atoms with Crippen LogP contribution in [0.2, 0.25) is 0 Å². The molecule has 3 aromatic rings. The maximum atomic E-state index is 9.91. The van der Waals surface area contributed by atoms with Gasteiger partial charge in [-0.1, -0.05) is 0 Å². The molecule has 5 nitrogen and oxygen atoms in total. The first-order valence-corrected chi connectivity index (χ1v) is 6.97. The van der Waals surface area contributed by atoms with Gasteiger partial charge in [-0.05, 0) is 25.0 Å². The van der Waals surface area contributed by atoms with Crippen LogP contribution in [0, 0.1) is 0 Å². The number of hydrogen-bond acceptors (Lipinski definition) is 4. The SMILES string of the molecule is OC1CCCN(c2cc[nH]c3cnc4nccc4c23)C1. The summed E-state index contributed by atoms with van der Waals surface area (Å²) < 4.78 is 0. The lowest BCUT2D eigenvalue weighted by Gasteiger charge is -2.32. The van der Waals surface area contributed by atoms with E-state index >= 15 is 0 Å². The normalized spacial score (nSPS) is 19.9. The molecule has 0 bridgehead atoms. The van der Waals surface area contributed by atoms with E-state index in [2.05, 4.69) is 25.9 Å². The highest BCUT2D eigenvalue weighted by molar-refractivity contribution is 6.09. The minimum Gasteiger partial charge on any atom is -0.391 e. The molecule has 0 aliphatic carbocycles. The molecule has 0 amide bonds. The van der Waals surface area contributed by atoms with Crippen molar-refractivity contribution in [1.29, 1.82) is 0 Å². The highest BCUT2D eigenvalue weighted by Crippen LogP contribution is 2.32. The van der Waals surface area contributed by atoms with Crippen LogP contribution in [-0.4, -0.2) is 39.3 Å². The molecule has 5 heteroatoms. The third kappa shape index (κ3) is 1.74. The number of β-amino-alcohol motifs (C(OH)–C–C–N with tert-alkyl or cyclic N) is 1. The van der Waals surface area contributed by atoms with Crippen molar-refractivity contribution in [3.05, 3.63) is 30.7 Å². The van der Waals surface area contributed by atoms with Gasteiger partial charge in [0, 0.05) is 41.9 Å². The van der Waals surface area contributed by atoms with E-state index in [1.165, 1.54) is 0 Å². The first-order chi connectivity index (χ1) is 9.83. The molecule has 4 heterocycles. The summed E-state index contributed by atoms with van der Waals surface area (Å²) in [5, 5.41) is 12.1. The largest absolute Gasteiger partial charge is 0.391 e. The summed E-state index contributed by atoms with van der Waals surface area (Å²) in [6.07, 6.45) is 7.23. The second-order valence-corrected chi connectivity index (χ2v) is 5.33. The standard InChI is InChI=1S/C15H16N4O/c20-10-2-1-7-19(9-10)13-4-6-16-12-8-18-15-11(14(12)13)3-5-17-15/h3-6,8,10,16,20H,1-2,7,9H2. The molecule has 1 unspecified atom stereocenters. The molecule has 0 spiro atoms. The van der Waals surface area contributed by atoms with Crippen LogP contribution in [-0.2, 0) is 0 Å². The molecule has 3 aromatic heterocycles. The van der Waals surface area contributed by atoms with E-state index in [-0.39, 0.29) is 6.10 Å². The summed E-state index contributed by atoms with van der Waals surface area (Å²) in [6, 6.07) is 4.08. The zero-order valence-electron chi connectivity index (χ0n) is 11.1. The van der Waals surface area contributed by atoms with Crippen LogP contribution in [0.15, 0.2) is 30.7 Å². The number of aliphatic hydroxyl groups is 1. The Balaban J connectivity index is 1.96. The fourth-order valence-electron chi connectivity index (χ4n) is 3.08. The van der Waals surface area contributed by atoms with E-state index in [0.717, 1.165) is 47.0 Å². The van der Waals surface area contributed by atoms with E-state index < -0.39 is 0 Å². The molecule has 0 saturated carbocycles. The van der Waals surface area contributed by atoms with Gasteiger partial charge in [0.2, 0.25) is 0 Å². The summed E-state index contributed by atoms with van der Waals surface area (Å²) in [6.45, 7) is 1.67. The minimum atomic E-state index is -0.238. The van der Waals surface area contributed by atoms with E-state index in [4.69, 9.17) is 0 Å². The van der Waals surface area contributed by atoms with Gasteiger partial charge in [-0.2, -0.15) is 0 Å². The van der Waals surface area contributed by atoms with Gasteiger partial charge in [0.1, 0.15) is 0 Å². The minimum absolute atomic E-state index is 0.238. The van der Waals surface area contributed by atoms with Crippen LogP contribution in [0.25, 0.3) is 21.9 Å². The lowest BCUT2D eigenvalue weighted by molar-refractivity contribution is 0.154. The van der Waals surface area contributed by atoms with Crippen LogP contribution in [0.3, 0.4) is 0 Å². The number of nitrogens with one attached hydrogen (secondary N) is 1. The van der Waals surface area contributed by atoms with Gasteiger partial charge in [0.15, 0.2) is 5.65 Å². The molecule has 1 aliphatic rings. The molecular formula is C15H16N4O. The van der Waals surface area contributed by atoms with E-state index in [1.54, 1.807) is 6.20 Å². The lowest BCUT2D eigenvalue weighted by Crippen LogP contribution is -2.38. The van der Waals surface area contributed by atoms with Crippen molar-refractivity contribution in [2.75, 3.05) is 18.0 Å². The summed E-state index contributed by atoms with van der Waals surface area (Å²) in [7, 11) is 0. The maximum absolute atomic E-state index is 9.91. The molecule has 1 atom stereocenters. The van der Waals surface area contributed by atoms with E-state index in [0.29, 0.717) is 6.54 Å². The average Bonchev–Trinajstić information content (AvgIpc) is 2.95. The molecule has 20 heavy (non-hydrogen) atoms. The first-order valence-electron chi connectivity index (χ1n) is 6.97. The van der Waals surface area contributed by atoms with Crippen molar-refractivity contribution < 1.29 is 5.11 Å². The molecule has 2 N–H and O–H groups in total. The van der Waals surface area contributed by atoms with Crippen molar-refractivity contribution >= 4 is 27.6 Å². The van der Waals surface area contributed by atoms with Gasteiger partial charge >= 0.3 is 0 Å². The zero-order valence-corrected chi connectivity index (χ0v) is 11.1. The molecule has 1 saturated heterocycles. The third-order valence-corrected chi connectivity index (χ3v) is 4.01. The third-order valence-electron chi connectivity index (χ3n) is 4.01. The number of nitrogens with zero attached hydrogens (tertiary/aromatic N) is 3. The van der Waals surface area contributed by atoms with Crippen LogP contribution in [0.4, 0.5) is 5.69 Å². The summed E-state index contributed by atoms with van der Waals surface area (Å²) >= 11 is 0. The number of fused-ring (bicyclic) bond motifs is 3. The van der Waals surface area contributed by atoms with Gasteiger partial charge in [-0.15, -0.1) is 0 Å². The van der Waals surface area contributed by atoms with Crippen molar-refractivity contribution in [1.82, 2.24) is 15.0 Å². The Hall–Kier alpha value is -2.14. The van der Waals surface area contributed by atoms with Crippen molar-refractivity contribution in [2.45, 2.75) is 18.9 Å². The number of rotatable bonds is 1. The fourth-order valence-corrected chi connectivity index (χ4v) is 3.08. The van der Waals surface area contributed by atoms with Crippen molar-refractivity contribution in [2.24, 2.45) is 0 Å². The zero-order chi connectivity index (χ0) is 13.5. The number of anilines is 1. The average molecular weight is 268 g/mol. The lowest BCUT2D eigenvalue weighted by atomic mass is 10.1. The monoisotopic (exact) mass is 268 g/mol. The topological polar surface area (TPSA) is 65.0 Å². The highest BCUT2D eigenvalue weighted by atomic mass is 16.3. The molecular weight excluding hydrogens is 252 g/mol. The molecule has 102 valence electrons. The predicted molar refractivity (Wildman–Crippen MR) is 78.8 cm³/mol. The Labute approximate surface area is 116 Å². The number of piperidine rings is 1. The second kappa shape index (κ2) is 4.45. The quantitative estimate of drug-likeness (QED) is 0.709. The highest BCUT2D eigenvalue weighted by Gasteiger charge is 2.20. The Morgan fingerprint density at radius 1 is 1.30 bits per heavy atom. The maximum Gasteiger partial charge on any atom is 0.159 e. The van der Waals surface area contributed by atoms with Gasteiger partial charge in [-0.3, -0.25) is 0 Å². The van der Waals surface area contributed by atoms with Crippen molar-refractivity contribution in [3.8, 4) is 0 Å². The van der Waals surface area contributed by atoms with Crippen LogP contribution >= 0.6 is 0 Å². The Morgan fingerprint density at radius 2 is 2.25 bits per heavy atom. The van der Waals surface area contributed by atoms with Gasteiger partial charge in [0.25, 0.3) is 0 Å². The van der Waals surface area contributed by atoms with Crippen LogP contribution < -0.4 is 4.90 Å². The first kappa shape index (κ1) is 11.7. The number of hydrogen-bond donors (Lipinski definition) is 2. The van der Waals surface area contributed by atoms with Gasteiger partial charge in [-0.25, -0.2) is 9.97 Å².